The largest absolute Gasteiger partial charge is 0.491 e. The number of hydrogen-bond donors (Lipinski definition) is 0. The van der Waals surface area contributed by atoms with Gasteiger partial charge in [-0.3, -0.25) is 4.79 Å². The van der Waals surface area contributed by atoms with E-state index < -0.39 is 0 Å². The zero-order valence-electron chi connectivity index (χ0n) is 6.36. The number of amides is 1. The summed E-state index contributed by atoms with van der Waals surface area (Å²) in [6, 6.07) is 7.37. The first kappa shape index (κ1) is 7.03. The molecule has 0 atom stereocenters. The zero-order valence-corrected chi connectivity index (χ0v) is 6.36. The smallest absolute Gasteiger partial charge is 0.284 e. The molecular weight excluding hydrogens is 154 g/mol. The van der Waals surface area contributed by atoms with Gasteiger partial charge in [0.1, 0.15) is 0 Å². The third-order valence-electron chi connectivity index (χ3n) is 1.60. The lowest BCUT2D eigenvalue weighted by Crippen LogP contribution is -2.23. The van der Waals surface area contributed by atoms with Crippen molar-refractivity contribution in [1.82, 2.24) is 0 Å². The van der Waals surface area contributed by atoms with E-state index in [0.717, 1.165) is 5.22 Å². The van der Waals surface area contributed by atoms with Crippen molar-refractivity contribution >= 4 is 12.2 Å². The molecular formula is C9H7NO2. The summed E-state index contributed by atoms with van der Waals surface area (Å²) in [5.41, 5.74) is 0. The Morgan fingerprint density at radius 2 is 2.17 bits per heavy atom. The molecule has 1 heterocycles. The minimum Gasteiger partial charge on any atom is -0.491 e. The highest BCUT2D eigenvalue weighted by Gasteiger charge is 2.00. The van der Waals surface area contributed by atoms with Crippen LogP contribution in [0.25, 0.3) is 6.26 Å². The number of benzene rings is 1. The fourth-order valence-corrected chi connectivity index (χ4v) is 1.06. The first-order valence-corrected chi connectivity index (χ1v) is 3.65. The van der Waals surface area contributed by atoms with E-state index in [9.17, 15) is 4.79 Å². The molecule has 60 valence electrons. The number of rotatable bonds is 0. The van der Waals surface area contributed by atoms with Gasteiger partial charge in [0.05, 0.1) is 11.6 Å². The normalized spacial score (nSPS) is 14.8. The van der Waals surface area contributed by atoms with Crippen molar-refractivity contribution in [2.45, 2.75) is 0 Å². The monoisotopic (exact) mass is 161 g/mol. The Morgan fingerprint density at radius 3 is 3.08 bits per heavy atom. The molecule has 3 nitrogen and oxygen atoms in total. The van der Waals surface area contributed by atoms with Crippen LogP contribution in [-0.4, -0.2) is 12.5 Å². The van der Waals surface area contributed by atoms with Crippen molar-refractivity contribution in [3.05, 3.63) is 34.8 Å². The molecule has 1 aromatic carbocycles. The van der Waals surface area contributed by atoms with Crippen LogP contribution < -0.4 is 10.6 Å². The Bertz CT molecular complexity index is 422. The average Bonchev–Trinajstić information content (AvgIpc) is 2.25. The number of fused-ring (bicyclic) bond motifs is 1. The maximum Gasteiger partial charge on any atom is 0.284 e. The Labute approximate surface area is 69.0 Å². The van der Waals surface area contributed by atoms with Crippen molar-refractivity contribution in [2.75, 3.05) is 6.61 Å². The fraction of sp³-hybridized carbons (Fsp3) is 0.111. The summed E-state index contributed by atoms with van der Waals surface area (Å²) >= 11 is 0. The van der Waals surface area contributed by atoms with Crippen molar-refractivity contribution < 1.29 is 9.53 Å². The number of carbonyl (C=O) groups is 1. The molecule has 0 saturated carbocycles. The van der Waals surface area contributed by atoms with Crippen molar-refractivity contribution in [3.63, 3.8) is 0 Å². The van der Waals surface area contributed by atoms with Gasteiger partial charge in [-0.05, 0) is 12.1 Å². The average molecular weight is 161 g/mol. The predicted molar refractivity (Wildman–Crippen MR) is 42.6 cm³/mol. The quantitative estimate of drug-likeness (QED) is 0.519. The maximum absolute atomic E-state index is 10.9. The molecule has 1 aliphatic rings. The molecule has 0 unspecified atom stereocenters. The summed E-state index contributed by atoms with van der Waals surface area (Å²) in [5.74, 6) is -0.240. The van der Waals surface area contributed by atoms with E-state index in [1.807, 2.05) is 18.2 Å². The van der Waals surface area contributed by atoms with Crippen LogP contribution in [0.3, 0.4) is 0 Å². The van der Waals surface area contributed by atoms with Crippen LogP contribution in [0.2, 0.25) is 0 Å². The molecule has 1 aromatic rings. The van der Waals surface area contributed by atoms with Gasteiger partial charge in [-0.2, -0.15) is 0 Å². The molecule has 0 aliphatic carbocycles. The van der Waals surface area contributed by atoms with Gasteiger partial charge >= 0.3 is 0 Å². The third-order valence-corrected chi connectivity index (χ3v) is 1.60. The highest BCUT2D eigenvalue weighted by molar-refractivity contribution is 5.78. The topological polar surface area (TPSA) is 38.7 Å². The van der Waals surface area contributed by atoms with Crippen LogP contribution in [0, 0.1) is 0 Å². The minimum absolute atomic E-state index is 0.0364. The standard InChI is InChI=1S/C9H7NO2/c11-9-6-12-5-7-3-1-2-4-8(7)10-9/h1-5H,6H2. The Hall–Kier alpha value is -1.64. The Kier molecular flexibility index (Phi) is 1.63. The summed E-state index contributed by atoms with van der Waals surface area (Å²) in [6.45, 7) is 0.0364. The van der Waals surface area contributed by atoms with Gasteiger partial charge < -0.3 is 4.74 Å². The van der Waals surface area contributed by atoms with E-state index in [4.69, 9.17) is 4.74 Å². The third kappa shape index (κ3) is 1.21. The summed E-state index contributed by atoms with van der Waals surface area (Å²) in [5, 5.41) is 1.53. The summed E-state index contributed by atoms with van der Waals surface area (Å²) in [6.07, 6.45) is 1.56. The van der Waals surface area contributed by atoms with Gasteiger partial charge in [0.15, 0.2) is 6.61 Å². The number of carbonyl (C=O) groups excluding carboxylic acids is 1. The highest BCUT2D eigenvalue weighted by Crippen LogP contribution is 1.83. The van der Waals surface area contributed by atoms with Crippen LogP contribution in [0.15, 0.2) is 29.3 Å². The van der Waals surface area contributed by atoms with Gasteiger partial charge in [-0.25, -0.2) is 4.99 Å². The molecule has 0 spiro atoms. The highest BCUT2D eigenvalue weighted by atomic mass is 16.5. The van der Waals surface area contributed by atoms with Gasteiger partial charge in [-0.15, -0.1) is 0 Å². The fourth-order valence-electron chi connectivity index (χ4n) is 1.06. The summed E-state index contributed by atoms with van der Waals surface area (Å²) in [4.78, 5) is 14.8. The summed E-state index contributed by atoms with van der Waals surface area (Å²) in [7, 11) is 0. The molecule has 0 fully saturated rings. The maximum atomic E-state index is 10.9. The van der Waals surface area contributed by atoms with Crippen molar-refractivity contribution in [2.24, 2.45) is 4.99 Å². The van der Waals surface area contributed by atoms with Gasteiger partial charge in [0, 0.05) is 5.22 Å². The van der Waals surface area contributed by atoms with Crippen molar-refractivity contribution in [3.8, 4) is 0 Å². The SMILES string of the molecule is O=C1COC=c2ccccc2=N1. The van der Waals surface area contributed by atoms with E-state index in [-0.39, 0.29) is 12.5 Å². The second-order valence-corrected chi connectivity index (χ2v) is 2.49. The number of hydrogen-bond acceptors (Lipinski definition) is 2. The van der Waals surface area contributed by atoms with E-state index in [1.54, 1.807) is 12.3 Å². The first-order chi connectivity index (χ1) is 5.86. The summed E-state index contributed by atoms with van der Waals surface area (Å²) < 4.78 is 4.96. The minimum atomic E-state index is -0.240. The number of para-hydroxylation sites is 1. The Balaban J connectivity index is 2.76. The zero-order chi connectivity index (χ0) is 8.39. The van der Waals surface area contributed by atoms with Crippen LogP contribution in [0.5, 0.6) is 0 Å². The van der Waals surface area contributed by atoms with E-state index >= 15 is 0 Å². The van der Waals surface area contributed by atoms with Crippen LogP contribution >= 0.6 is 0 Å². The lowest BCUT2D eigenvalue weighted by atomic mass is 10.3. The van der Waals surface area contributed by atoms with Crippen LogP contribution in [0.1, 0.15) is 0 Å². The lowest BCUT2D eigenvalue weighted by molar-refractivity contribution is -0.120. The van der Waals surface area contributed by atoms with E-state index in [1.165, 1.54) is 0 Å². The predicted octanol–water partition coefficient (Wildman–Crippen LogP) is -0.399. The van der Waals surface area contributed by atoms with Crippen LogP contribution in [0.4, 0.5) is 0 Å². The molecule has 2 rings (SSSR count). The molecule has 3 heteroatoms. The molecule has 1 aliphatic heterocycles. The van der Waals surface area contributed by atoms with Gasteiger partial charge in [-0.1, -0.05) is 12.1 Å². The first-order valence-electron chi connectivity index (χ1n) is 3.65. The lowest BCUT2D eigenvalue weighted by Gasteiger charge is -1.89. The second kappa shape index (κ2) is 2.77. The molecule has 1 amide bonds. The molecule has 0 radical (unpaired) electrons. The molecule has 0 saturated heterocycles. The molecule has 0 aromatic heterocycles. The molecule has 12 heavy (non-hydrogen) atoms. The van der Waals surface area contributed by atoms with E-state index in [0.29, 0.717) is 5.36 Å². The van der Waals surface area contributed by atoms with Crippen molar-refractivity contribution in [1.29, 1.82) is 0 Å². The van der Waals surface area contributed by atoms with E-state index in [2.05, 4.69) is 4.99 Å². The van der Waals surface area contributed by atoms with Crippen LogP contribution in [-0.2, 0) is 9.53 Å². The second-order valence-electron chi connectivity index (χ2n) is 2.49. The number of ether oxygens (including phenoxy) is 1. The Morgan fingerprint density at radius 1 is 1.33 bits per heavy atom. The van der Waals surface area contributed by atoms with Gasteiger partial charge in [0.2, 0.25) is 0 Å². The van der Waals surface area contributed by atoms with Gasteiger partial charge in [0.25, 0.3) is 5.91 Å². The number of nitrogens with zero attached hydrogens (tertiary/aromatic N) is 1. The molecule has 0 N–H and O–H groups in total. The molecule has 0 bridgehead atoms.